The minimum absolute atomic E-state index is 0.0983. The molecule has 0 aliphatic carbocycles. The summed E-state index contributed by atoms with van der Waals surface area (Å²) < 4.78 is 0. The number of carbonyl (C=O) groups is 1. The van der Waals surface area contributed by atoms with Crippen LogP contribution in [-0.2, 0) is 4.79 Å². The summed E-state index contributed by atoms with van der Waals surface area (Å²) in [6.45, 7) is 8.37. The maximum atomic E-state index is 13.3. The zero-order valence-electron chi connectivity index (χ0n) is 18.9. The lowest BCUT2D eigenvalue weighted by Gasteiger charge is -2.61. The standard InChI is InChI=1S/C27H35N3O/c1-21(2)29-17-9-14-24(29)26(31)28-18-15-27(16-19-28)20-30(23-12-7-4-8-13-23)25(27)22-10-5-3-6-11-22/h3-8,10-13,21,24-25H,9,14-20H2,1-2H3. The van der Waals surface area contributed by atoms with Gasteiger partial charge in [0, 0.05) is 36.8 Å². The van der Waals surface area contributed by atoms with E-state index in [2.05, 4.69) is 89.2 Å². The topological polar surface area (TPSA) is 26.8 Å². The van der Waals surface area contributed by atoms with E-state index in [-0.39, 0.29) is 11.5 Å². The normalized spacial score (nSPS) is 25.8. The minimum atomic E-state index is 0.0983. The summed E-state index contributed by atoms with van der Waals surface area (Å²) in [6, 6.07) is 22.7. The molecule has 0 N–H and O–H groups in total. The molecule has 0 saturated carbocycles. The Morgan fingerprint density at radius 1 is 0.935 bits per heavy atom. The molecule has 164 valence electrons. The van der Waals surface area contributed by atoms with E-state index in [0.29, 0.717) is 18.0 Å². The third-order valence-electron chi connectivity index (χ3n) is 7.89. The highest BCUT2D eigenvalue weighted by molar-refractivity contribution is 5.82. The Balaban J connectivity index is 1.32. The van der Waals surface area contributed by atoms with Crippen LogP contribution in [-0.4, -0.2) is 54.0 Å². The Labute approximate surface area is 186 Å². The molecule has 3 heterocycles. The number of hydrogen-bond donors (Lipinski definition) is 0. The molecule has 4 nitrogen and oxygen atoms in total. The van der Waals surface area contributed by atoms with Gasteiger partial charge in [0.1, 0.15) is 0 Å². The number of para-hydroxylation sites is 1. The van der Waals surface area contributed by atoms with E-state index >= 15 is 0 Å². The summed E-state index contributed by atoms with van der Waals surface area (Å²) in [6.07, 6.45) is 4.35. The quantitative estimate of drug-likeness (QED) is 0.720. The fraction of sp³-hybridized carbons (Fsp3) is 0.519. The Kier molecular flexibility index (Phi) is 5.51. The second kappa shape index (κ2) is 8.31. The maximum absolute atomic E-state index is 13.3. The van der Waals surface area contributed by atoms with E-state index in [0.717, 1.165) is 51.9 Å². The number of amides is 1. The van der Waals surface area contributed by atoms with E-state index in [1.165, 1.54) is 11.3 Å². The molecule has 3 aliphatic heterocycles. The molecule has 1 spiro atoms. The van der Waals surface area contributed by atoms with Crippen molar-refractivity contribution in [2.45, 2.75) is 57.7 Å². The molecule has 0 bridgehead atoms. The van der Waals surface area contributed by atoms with Gasteiger partial charge in [-0.25, -0.2) is 0 Å². The highest BCUT2D eigenvalue weighted by Crippen LogP contribution is 2.56. The molecular weight excluding hydrogens is 382 g/mol. The summed E-state index contributed by atoms with van der Waals surface area (Å²) in [5.41, 5.74) is 2.97. The van der Waals surface area contributed by atoms with Crippen molar-refractivity contribution in [2.24, 2.45) is 5.41 Å². The first kappa shape index (κ1) is 20.6. The van der Waals surface area contributed by atoms with Gasteiger partial charge in [-0.05, 0) is 63.8 Å². The van der Waals surface area contributed by atoms with Crippen LogP contribution in [0.2, 0.25) is 0 Å². The predicted molar refractivity (Wildman–Crippen MR) is 126 cm³/mol. The number of rotatable bonds is 4. The van der Waals surface area contributed by atoms with Crippen LogP contribution < -0.4 is 4.90 Å². The summed E-state index contributed by atoms with van der Waals surface area (Å²) in [4.78, 5) is 20.5. The van der Waals surface area contributed by atoms with E-state index in [1.54, 1.807) is 0 Å². The van der Waals surface area contributed by atoms with Crippen molar-refractivity contribution >= 4 is 11.6 Å². The molecule has 0 aromatic heterocycles. The first-order valence-electron chi connectivity index (χ1n) is 12.0. The Bertz CT molecular complexity index is 889. The van der Waals surface area contributed by atoms with Gasteiger partial charge in [-0.3, -0.25) is 9.69 Å². The Morgan fingerprint density at radius 2 is 1.58 bits per heavy atom. The van der Waals surface area contributed by atoms with Gasteiger partial charge in [0.05, 0.1) is 12.1 Å². The average Bonchev–Trinajstić information content (AvgIpc) is 3.29. The van der Waals surface area contributed by atoms with Crippen molar-refractivity contribution in [3.05, 3.63) is 66.2 Å². The molecule has 4 heteroatoms. The van der Waals surface area contributed by atoms with Crippen molar-refractivity contribution < 1.29 is 4.79 Å². The zero-order chi connectivity index (χ0) is 21.4. The monoisotopic (exact) mass is 417 g/mol. The number of likely N-dealkylation sites (tertiary alicyclic amines) is 2. The molecule has 5 rings (SSSR count). The molecule has 31 heavy (non-hydrogen) atoms. The van der Waals surface area contributed by atoms with Gasteiger partial charge in [-0.1, -0.05) is 48.5 Å². The molecule has 2 unspecified atom stereocenters. The van der Waals surface area contributed by atoms with Crippen molar-refractivity contribution in [3.8, 4) is 0 Å². The summed E-state index contributed by atoms with van der Waals surface area (Å²) >= 11 is 0. The van der Waals surface area contributed by atoms with Gasteiger partial charge in [0.25, 0.3) is 0 Å². The second-order valence-corrected chi connectivity index (χ2v) is 9.95. The molecular formula is C27H35N3O. The highest BCUT2D eigenvalue weighted by Gasteiger charge is 2.54. The number of carbonyl (C=O) groups excluding carboxylic acids is 1. The van der Waals surface area contributed by atoms with E-state index < -0.39 is 0 Å². The molecule has 3 saturated heterocycles. The van der Waals surface area contributed by atoms with Gasteiger partial charge in [0.2, 0.25) is 5.91 Å². The van der Waals surface area contributed by atoms with Crippen molar-refractivity contribution in [1.29, 1.82) is 0 Å². The van der Waals surface area contributed by atoms with Crippen LogP contribution in [0.5, 0.6) is 0 Å². The van der Waals surface area contributed by atoms with Crippen LogP contribution in [0.3, 0.4) is 0 Å². The van der Waals surface area contributed by atoms with Gasteiger partial charge >= 0.3 is 0 Å². The average molecular weight is 418 g/mol. The summed E-state index contributed by atoms with van der Waals surface area (Å²) in [5, 5.41) is 0. The van der Waals surface area contributed by atoms with Crippen LogP contribution in [0, 0.1) is 5.41 Å². The number of anilines is 1. The Hall–Kier alpha value is -2.33. The number of hydrogen-bond acceptors (Lipinski definition) is 3. The van der Waals surface area contributed by atoms with Crippen molar-refractivity contribution in [2.75, 3.05) is 31.1 Å². The highest BCUT2D eigenvalue weighted by atomic mass is 16.2. The third kappa shape index (κ3) is 3.65. The van der Waals surface area contributed by atoms with Crippen LogP contribution in [0.1, 0.15) is 51.1 Å². The smallest absolute Gasteiger partial charge is 0.239 e. The SMILES string of the molecule is CC(C)N1CCCC1C(=O)N1CCC2(CC1)CN(c1ccccc1)C2c1ccccc1. The third-order valence-corrected chi connectivity index (χ3v) is 7.89. The van der Waals surface area contributed by atoms with E-state index in [9.17, 15) is 4.79 Å². The van der Waals surface area contributed by atoms with E-state index in [4.69, 9.17) is 0 Å². The largest absolute Gasteiger partial charge is 0.363 e. The van der Waals surface area contributed by atoms with Crippen molar-refractivity contribution in [1.82, 2.24) is 9.80 Å². The van der Waals surface area contributed by atoms with Gasteiger partial charge in [-0.15, -0.1) is 0 Å². The fourth-order valence-electron chi connectivity index (χ4n) is 6.25. The van der Waals surface area contributed by atoms with Gasteiger partial charge in [0.15, 0.2) is 0 Å². The molecule has 3 fully saturated rings. The molecule has 2 aromatic carbocycles. The van der Waals surface area contributed by atoms with Crippen LogP contribution in [0.4, 0.5) is 5.69 Å². The molecule has 0 radical (unpaired) electrons. The predicted octanol–water partition coefficient (Wildman–Crippen LogP) is 4.73. The van der Waals surface area contributed by atoms with Gasteiger partial charge in [-0.2, -0.15) is 0 Å². The maximum Gasteiger partial charge on any atom is 0.239 e. The zero-order valence-corrected chi connectivity index (χ0v) is 18.9. The first-order valence-corrected chi connectivity index (χ1v) is 12.0. The lowest BCUT2D eigenvalue weighted by molar-refractivity contribution is -0.140. The van der Waals surface area contributed by atoms with Gasteiger partial charge < -0.3 is 9.80 Å². The van der Waals surface area contributed by atoms with Crippen LogP contribution in [0.25, 0.3) is 0 Å². The second-order valence-electron chi connectivity index (χ2n) is 9.95. The fourth-order valence-corrected chi connectivity index (χ4v) is 6.25. The first-order chi connectivity index (χ1) is 15.1. The van der Waals surface area contributed by atoms with Crippen LogP contribution >= 0.6 is 0 Å². The van der Waals surface area contributed by atoms with Crippen molar-refractivity contribution in [3.63, 3.8) is 0 Å². The number of benzene rings is 2. The lowest BCUT2D eigenvalue weighted by atomic mass is 9.63. The molecule has 2 atom stereocenters. The summed E-state index contributed by atoms with van der Waals surface area (Å²) in [7, 11) is 0. The van der Waals surface area contributed by atoms with Crippen LogP contribution in [0.15, 0.2) is 60.7 Å². The number of piperidine rings is 1. The molecule has 1 amide bonds. The Morgan fingerprint density at radius 3 is 2.23 bits per heavy atom. The molecule has 3 aliphatic rings. The lowest BCUT2D eigenvalue weighted by Crippen LogP contribution is -2.63. The minimum Gasteiger partial charge on any atom is -0.363 e. The summed E-state index contributed by atoms with van der Waals surface area (Å²) in [5.74, 6) is 0.372. The molecule has 2 aromatic rings. The van der Waals surface area contributed by atoms with E-state index in [1.807, 2.05) is 0 Å². The number of nitrogens with zero attached hydrogens (tertiary/aromatic N) is 3.